The van der Waals surface area contributed by atoms with Gasteiger partial charge in [0.1, 0.15) is 0 Å². The summed E-state index contributed by atoms with van der Waals surface area (Å²) in [4.78, 5) is 2.55. The minimum absolute atomic E-state index is 0.601. The molecule has 0 aromatic rings. The Labute approximate surface area is 94.7 Å². The zero-order valence-corrected chi connectivity index (χ0v) is 11.1. The predicted molar refractivity (Wildman–Crippen MR) is 66.5 cm³/mol. The van der Waals surface area contributed by atoms with Gasteiger partial charge in [0.15, 0.2) is 0 Å². The van der Waals surface area contributed by atoms with Crippen LogP contribution in [0.25, 0.3) is 0 Å². The van der Waals surface area contributed by atoms with Crippen molar-refractivity contribution in [3.63, 3.8) is 0 Å². The van der Waals surface area contributed by atoms with Crippen molar-refractivity contribution in [3.05, 3.63) is 11.4 Å². The molecule has 1 aliphatic heterocycles. The maximum absolute atomic E-state index is 3.57. The first-order valence-corrected chi connectivity index (χ1v) is 6.19. The van der Waals surface area contributed by atoms with Crippen LogP contribution in [0, 0.1) is 11.8 Å². The smallest absolute Gasteiger partial charge is 0.0357 e. The fraction of sp³-hybridized carbons (Fsp3) is 0.846. The lowest BCUT2D eigenvalue weighted by Gasteiger charge is -2.40. The molecule has 0 unspecified atom stereocenters. The number of nitrogens with zero attached hydrogens (tertiary/aromatic N) is 1. The maximum Gasteiger partial charge on any atom is 0.0357 e. The minimum atomic E-state index is 0.601. The van der Waals surface area contributed by atoms with Gasteiger partial charge in [-0.25, -0.2) is 0 Å². The Morgan fingerprint density at radius 3 is 2.00 bits per heavy atom. The first kappa shape index (κ1) is 12.4. The molecule has 0 bridgehead atoms. The summed E-state index contributed by atoms with van der Waals surface area (Å²) in [6.45, 7) is 15.9. The Bertz CT molecular complexity index is 239. The van der Waals surface area contributed by atoms with Crippen LogP contribution in [0.5, 0.6) is 0 Å². The lowest BCUT2D eigenvalue weighted by atomic mass is 9.97. The zero-order valence-electron chi connectivity index (χ0n) is 11.1. The summed E-state index contributed by atoms with van der Waals surface area (Å²) in [5.74, 6) is 1.21. The van der Waals surface area contributed by atoms with Crippen LogP contribution >= 0.6 is 0 Å². The fourth-order valence-electron chi connectivity index (χ4n) is 2.36. The van der Waals surface area contributed by atoms with Crippen molar-refractivity contribution in [2.75, 3.05) is 13.1 Å². The third-order valence-corrected chi connectivity index (χ3v) is 3.00. The van der Waals surface area contributed by atoms with Crippen LogP contribution in [0.2, 0.25) is 0 Å². The monoisotopic (exact) mass is 210 g/mol. The van der Waals surface area contributed by atoms with Gasteiger partial charge < -0.3 is 10.2 Å². The van der Waals surface area contributed by atoms with Gasteiger partial charge in [-0.1, -0.05) is 27.7 Å². The van der Waals surface area contributed by atoms with Gasteiger partial charge >= 0.3 is 0 Å². The zero-order chi connectivity index (χ0) is 11.6. The van der Waals surface area contributed by atoms with Gasteiger partial charge in [-0.2, -0.15) is 0 Å². The highest BCUT2D eigenvalue weighted by Gasteiger charge is 2.25. The van der Waals surface area contributed by atoms with Gasteiger partial charge in [-0.05, 0) is 25.7 Å². The molecule has 0 saturated heterocycles. The summed E-state index contributed by atoms with van der Waals surface area (Å²) >= 11 is 0. The molecule has 88 valence electrons. The molecular formula is C13H26N2. The van der Waals surface area contributed by atoms with Crippen LogP contribution in [-0.2, 0) is 0 Å². The molecule has 0 spiro atoms. The molecule has 0 aromatic heterocycles. The van der Waals surface area contributed by atoms with E-state index < -0.39 is 0 Å². The Morgan fingerprint density at radius 1 is 1.00 bits per heavy atom. The van der Waals surface area contributed by atoms with Gasteiger partial charge in [0, 0.05) is 30.5 Å². The molecule has 1 heterocycles. The molecule has 0 aromatic carbocycles. The summed E-state index contributed by atoms with van der Waals surface area (Å²) in [7, 11) is 0. The van der Waals surface area contributed by atoms with Crippen molar-refractivity contribution in [1.82, 2.24) is 10.2 Å². The van der Waals surface area contributed by atoms with E-state index in [1.165, 1.54) is 11.4 Å². The van der Waals surface area contributed by atoms with Crippen molar-refractivity contribution in [3.8, 4) is 0 Å². The lowest BCUT2D eigenvalue weighted by molar-refractivity contribution is 0.232. The van der Waals surface area contributed by atoms with E-state index in [2.05, 4.69) is 51.8 Å². The van der Waals surface area contributed by atoms with Crippen molar-refractivity contribution in [2.24, 2.45) is 11.8 Å². The Hall–Kier alpha value is -0.660. The molecule has 2 nitrogen and oxygen atoms in total. The lowest BCUT2D eigenvalue weighted by Crippen LogP contribution is -2.45. The molecule has 1 aliphatic rings. The van der Waals surface area contributed by atoms with E-state index in [9.17, 15) is 0 Å². The molecule has 0 amide bonds. The van der Waals surface area contributed by atoms with Crippen LogP contribution in [-0.4, -0.2) is 24.0 Å². The van der Waals surface area contributed by atoms with E-state index in [0.717, 1.165) is 13.1 Å². The number of nitrogens with one attached hydrogen (secondary N) is 1. The van der Waals surface area contributed by atoms with Crippen LogP contribution < -0.4 is 5.32 Å². The molecule has 0 atom stereocenters. The first-order chi connectivity index (χ1) is 6.95. The largest absolute Gasteiger partial charge is 0.385 e. The number of hydrogen-bond donors (Lipinski definition) is 1. The van der Waals surface area contributed by atoms with Gasteiger partial charge in [-0.15, -0.1) is 0 Å². The maximum atomic E-state index is 3.57. The van der Waals surface area contributed by atoms with E-state index in [1.807, 2.05) is 0 Å². The second-order valence-corrected chi connectivity index (χ2v) is 5.32. The van der Waals surface area contributed by atoms with E-state index in [0.29, 0.717) is 17.9 Å². The highest BCUT2D eigenvalue weighted by molar-refractivity contribution is 5.19. The summed E-state index contributed by atoms with van der Waals surface area (Å²) in [5, 5.41) is 3.57. The second kappa shape index (κ2) is 4.91. The quantitative estimate of drug-likeness (QED) is 0.770. The van der Waals surface area contributed by atoms with Crippen LogP contribution in [0.15, 0.2) is 11.4 Å². The molecular weight excluding hydrogens is 184 g/mol. The van der Waals surface area contributed by atoms with E-state index in [4.69, 9.17) is 0 Å². The van der Waals surface area contributed by atoms with Crippen molar-refractivity contribution in [2.45, 2.75) is 47.6 Å². The molecule has 0 radical (unpaired) electrons. The summed E-state index contributed by atoms with van der Waals surface area (Å²) in [5.41, 5.74) is 2.97. The highest BCUT2D eigenvalue weighted by atomic mass is 15.2. The molecule has 1 N–H and O–H groups in total. The second-order valence-electron chi connectivity index (χ2n) is 5.32. The fourth-order valence-corrected chi connectivity index (χ4v) is 2.36. The number of allylic oxidation sites excluding steroid dienone is 2. The Kier molecular flexibility index (Phi) is 4.06. The van der Waals surface area contributed by atoms with Gasteiger partial charge in [0.25, 0.3) is 0 Å². The summed E-state index contributed by atoms with van der Waals surface area (Å²) in [6, 6.07) is 0.609. The Balaban J connectivity index is 3.06. The van der Waals surface area contributed by atoms with Gasteiger partial charge in [-0.3, -0.25) is 0 Å². The first-order valence-electron chi connectivity index (χ1n) is 6.19. The van der Waals surface area contributed by atoms with Crippen LogP contribution in [0.1, 0.15) is 41.5 Å². The number of hydrogen-bond acceptors (Lipinski definition) is 2. The van der Waals surface area contributed by atoms with Crippen molar-refractivity contribution < 1.29 is 0 Å². The highest BCUT2D eigenvalue weighted by Crippen LogP contribution is 2.26. The third-order valence-electron chi connectivity index (χ3n) is 3.00. The standard InChI is InChI=1S/C13H26N2/c1-9(2)12-13(10(3)4)15(11(5)6)8-7-14-12/h9-11,14H,7-8H2,1-6H3. The molecule has 0 aliphatic carbocycles. The van der Waals surface area contributed by atoms with Crippen LogP contribution in [0.3, 0.4) is 0 Å². The molecule has 0 saturated carbocycles. The van der Waals surface area contributed by atoms with Crippen LogP contribution in [0.4, 0.5) is 0 Å². The van der Waals surface area contributed by atoms with Gasteiger partial charge in [0.05, 0.1) is 0 Å². The summed E-state index contributed by atoms with van der Waals surface area (Å²) in [6.07, 6.45) is 0. The minimum Gasteiger partial charge on any atom is -0.385 e. The molecule has 0 fully saturated rings. The Morgan fingerprint density at radius 2 is 1.60 bits per heavy atom. The average Bonchev–Trinajstić information content (AvgIpc) is 2.16. The SMILES string of the molecule is CC(C)C1=C(C(C)C)N(C(C)C)CCN1. The summed E-state index contributed by atoms with van der Waals surface area (Å²) < 4.78 is 0. The normalized spacial score (nSPS) is 18.1. The topological polar surface area (TPSA) is 15.3 Å². The molecule has 15 heavy (non-hydrogen) atoms. The molecule has 2 heteroatoms. The van der Waals surface area contributed by atoms with Crippen molar-refractivity contribution >= 4 is 0 Å². The van der Waals surface area contributed by atoms with Crippen molar-refractivity contribution in [1.29, 1.82) is 0 Å². The third kappa shape index (κ3) is 2.67. The van der Waals surface area contributed by atoms with E-state index in [1.54, 1.807) is 0 Å². The average molecular weight is 210 g/mol. The van der Waals surface area contributed by atoms with E-state index >= 15 is 0 Å². The number of rotatable bonds is 3. The molecule has 1 rings (SSSR count). The predicted octanol–water partition coefficient (Wildman–Crippen LogP) is 2.82. The van der Waals surface area contributed by atoms with E-state index in [-0.39, 0.29) is 0 Å². The van der Waals surface area contributed by atoms with Gasteiger partial charge in [0.2, 0.25) is 0 Å².